The van der Waals surface area contributed by atoms with Crippen LogP contribution in [0.1, 0.15) is 348 Å². The van der Waals surface area contributed by atoms with Crippen LogP contribution in [0.3, 0.4) is 0 Å². The minimum absolute atomic E-state index is 0.0785. The van der Waals surface area contributed by atoms with E-state index in [1.165, 1.54) is 186 Å². The molecule has 80 heavy (non-hydrogen) atoms. The largest absolute Gasteiger partial charge is 0.462 e. The van der Waals surface area contributed by atoms with Crippen LogP contribution in [0.15, 0.2) is 85.1 Å². The Labute approximate surface area is 496 Å². The normalized spacial score (nSPS) is 12.6. The number of carbonyl (C=O) groups is 3. The Kier molecular flexibility index (Phi) is 65.2. The molecule has 0 aliphatic rings. The molecule has 0 aromatic rings. The number of hydrogen-bond donors (Lipinski definition) is 0. The van der Waals surface area contributed by atoms with Gasteiger partial charge in [-0.2, -0.15) is 0 Å². The molecule has 0 aliphatic heterocycles. The van der Waals surface area contributed by atoms with Gasteiger partial charge in [0.2, 0.25) is 0 Å². The molecule has 0 amide bonds. The Bertz CT molecular complexity index is 1520. The lowest BCUT2D eigenvalue weighted by molar-refractivity contribution is -0.167. The molecule has 0 N–H and O–H groups in total. The molecule has 1 unspecified atom stereocenters. The minimum atomic E-state index is -0.783. The summed E-state index contributed by atoms with van der Waals surface area (Å²) in [6.07, 6.45) is 90.3. The van der Waals surface area contributed by atoms with Crippen molar-refractivity contribution in [1.29, 1.82) is 0 Å². The van der Waals surface area contributed by atoms with Crippen LogP contribution in [0.25, 0.3) is 0 Å². The van der Waals surface area contributed by atoms with Crippen LogP contribution in [0.5, 0.6) is 0 Å². The summed E-state index contributed by atoms with van der Waals surface area (Å²) < 4.78 is 17.0. The Hall–Kier alpha value is -3.41. The average molecular weight is 1120 g/mol. The summed E-state index contributed by atoms with van der Waals surface area (Å²) in [4.78, 5) is 38.4. The van der Waals surface area contributed by atoms with E-state index >= 15 is 0 Å². The summed E-state index contributed by atoms with van der Waals surface area (Å²) in [7, 11) is 0. The van der Waals surface area contributed by atoms with Gasteiger partial charge >= 0.3 is 17.9 Å². The van der Waals surface area contributed by atoms with Gasteiger partial charge in [0.05, 0.1) is 0 Å². The monoisotopic (exact) mass is 1110 g/mol. The van der Waals surface area contributed by atoms with Crippen LogP contribution >= 0.6 is 0 Å². The van der Waals surface area contributed by atoms with E-state index in [1.54, 1.807) is 0 Å². The number of allylic oxidation sites excluding steroid dienone is 14. The van der Waals surface area contributed by atoms with Gasteiger partial charge < -0.3 is 14.2 Å². The molecule has 6 nitrogen and oxygen atoms in total. The van der Waals surface area contributed by atoms with Crippen LogP contribution in [0.4, 0.5) is 0 Å². The molecule has 0 spiro atoms. The molecule has 462 valence electrons. The number of esters is 3. The summed E-state index contributed by atoms with van der Waals surface area (Å²) in [5, 5.41) is 0. The number of rotatable bonds is 63. The Morgan fingerprint density at radius 2 is 0.487 bits per heavy atom. The highest BCUT2D eigenvalue weighted by Crippen LogP contribution is 2.18. The van der Waals surface area contributed by atoms with Gasteiger partial charge in [-0.25, -0.2) is 0 Å². The van der Waals surface area contributed by atoms with Gasteiger partial charge in [-0.05, 0) is 89.9 Å². The lowest BCUT2D eigenvalue weighted by atomic mass is 10.0. The quantitative estimate of drug-likeness (QED) is 0.0261. The molecule has 0 aromatic heterocycles. The third kappa shape index (κ3) is 65.4. The van der Waals surface area contributed by atoms with Crippen LogP contribution in [0.2, 0.25) is 0 Å². The van der Waals surface area contributed by atoms with Crippen molar-refractivity contribution in [1.82, 2.24) is 0 Å². The first-order valence-electron chi connectivity index (χ1n) is 34.6. The number of carbonyl (C=O) groups excluding carboxylic acids is 3. The van der Waals surface area contributed by atoms with Gasteiger partial charge in [0, 0.05) is 19.3 Å². The molecule has 0 heterocycles. The third-order valence-corrected chi connectivity index (χ3v) is 15.1. The van der Waals surface area contributed by atoms with Crippen LogP contribution < -0.4 is 0 Å². The highest BCUT2D eigenvalue weighted by atomic mass is 16.6. The van der Waals surface area contributed by atoms with Crippen LogP contribution in [0, 0.1) is 0 Å². The highest BCUT2D eigenvalue weighted by molar-refractivity contribution is 5.71. The molecule has 0 saturated carbocycles. The van der Waals surface area contributed by atoms with Crippen molar-refractivity contribution in [2.75, 3.05) is 13.2 Å². The standard InChI is InChI=1S/C74H130O6/c1-4-7-10-13-16-19-22-25-28-30-32-34-35-36-37-38-39-40-42-43-46-49-52-55-58-61-64-67-73(76)79-70-71(69-78-72(75)66-63-60-57-54-51-48-45-27-24-21-18-15-12-9-6-3)80-74(77)68-65-62-59-56-53-50-47-44-41-33-31-29-26-23-20-17-14-11-8-5-2/h7,9-10,12,16,18-19,21,25,27-28,32,34,45,71H,4-6,8,11,13-15,17,20,22-24,26,29-31,33,35-44,46-70H2,1-3H3/b10-7-,12-9-,19-16-,21-18-,28-25-,34-32-,45-27-. The van der Waals surface area contributed by atoms with Gasteiger partial charge in [0.25, 0.3) is 0 Å². The summed E-state index contributed by atoms with van der Waals surface area (Å²) in [5.41, 5.74) is 0. The van der Waals surface area contributed by atoms with Crippen molar-refractivity contribution in [3.8, 4) is 0 Å². The summed E-state index contributed by atoms with van der Waals surface area (Å²) in [6, 6.07) is 0. The average Bonchev–Trinajstić information content (AvgIpc) is 3.46. The SMILES string of the molecule is CC/C=C\C/C=C\C/C=C\C/C=C\CCCCCCCCCCCCCCCCC(=O)OCC(COC(=O)CCCCCCC/C=C\C/C=C\C/C=C\CC)OC(=O)CCCCCCCCCCCCCCCCCCCCCC. The minimum Gasteiger partial charge on any atom is -0.462 e. The molecule has 0 aliphatic carbocycles. The van der Waals surface area contributed by atoms with Crippen molar-refractivity contribution in [2.24, 2.45) is 0 Å². The first kappa shape index (κ1) is 76.6. The second-order valence-corrected chi connectivity index (χ2v) is 23.0. The molecule has 0 radical (unpaired) electrons. The molecule has 1 atom stereocenters. The fourth-order valence-corrected chi connectivity index (χ4v) is 10.0. The van der Waals surface area contributed by atoms with E-state index in [-0.39, 0.29) is 31.1 Å². The summed E-state index contributed by atoms with van der Waals surface area (Å²) >= 11 is 0. The molecule has 6 heteroatoms. The lowest BCUT2D eigenvalue weighted by Crippen LogP contribution is -2.30. The van der Waals surface area contributed by atoms with Crippen LogP contribution in [-0.4, -0.2) is 37.2 Å². The highest BCUT2D eigenvalue weighted by Gasteiger charge is 2.19. The van der Waals surface area contributed by atoms with E-state index in [0.717, 1.165) is 122 Å². The van der Waals surface area contributed by atoms with Crippen molar-refractivity contribution in [2.45, 2.75) is 354 Å². The molecule has 0 aromatic carbocycles. The zero-order valence-electron chi connectivity index (χ0n) is 53.1. The lowest BCUT2D eigenvalue weighted by Gasteiger charge is -2.18. The van der Waals surface area contributed by atoms with Gasteiger partial charge in [0.15, 0.2) is 6.10 Å². The molecular weight excluding hydrogens is 985 g/mol. The van der Waals surface area contributed by atoms with E-state index < -0.39 is 6.10 Å². The zero-order chi connectivity index (χ0) is 57.8. The Morgan fingerprint density at radius 1 is 0.263 bits per heavy atom. The zero-order valence-corrected chi connectivity index (χ0v) is 53.1. The van der Waals surface area contributed by atoms with E-state index in [9.17, 15) is 14.4 Å². The van der Waals surface area contributed by atoms with Crippen molar-refractivity contribution in [3.63, 3.8) is 0 Å². The second kappa shape index (κ2) is 68.1. The predicted octanol–water partition coefficient (Wildman–Crippen LogP) is 23.8. The Balaban J connectivity index is 4.29. The molecule has 0 saturated heterocycles. The van der Waals surface area contributed by atoms with Gasteiger partial charge in [-0.1, -0.05) is 324 Å². The first-order valence-corrected chi connectivity index (χ1v) is 34.6. The maximum Gasteiger partial charge on any atom is 0.306 e. The van der Waals surface area contributed by atoms with Crippen LogP contribution in [-0.2, 0) is 28.6 Å². The Morgan fingerprint density at radius 3 is 0.762 bits per heavy atom. The fraction of sp³-hybridized carbons (Fsp3) is 0.770. The third-order valence-electron chi connectivity index (χ3n) is 15.1. The number of hydrogen-bond acceptors (Lipinski definition) is 6. The summed E-state index contributed by atoms with van der Waals surface area (Å²) in [5.74, 6) is -0.876. The number of unbranched alkanes of at least 4 members (excludes halogenated alkanes) is 38. The molecular formula is C74H130O6. The predicted molar refractivity (Wildman–Crippen MR) is 348 cm³/mol. The van der Waals surface area contributed by atoms with E-state index in [1.807, 2.05) is 0 Å². The topological polar surface area (TPSA) is 78.9 Å². The van der Waals surface area contributed by atoms with Crippen molar-refractivity contribution in [3.05, 3.63) is 85.1 Å². The first-order chi connectivity index (χ1) is 39.5. The van der Waals surface area contributed by atoms with Gasteiger partial charge in [-0.3, -0.25) is 14.4 Å². The molecule has 0 bridgehead atoms. The molecule has 0 rings (SSSR count). The van der Waals surface area contributed by atoms with Crippen molar-refractivity contribution < 1.29 is 28.6 Å². The smallest absolute Gasteiger partial charge is 0.306 e. The second-order valence-electron chi connectivity index (χ2n) is 23.0. The van der Waals surface area contributed by atoms with E-state index in [2.05, 4.69) is 106 Å². The maximum atomic E-state index is 12.9. The van der Waals surface area contributed by atoms with E-state index in [4.69, 9.17) is 14.2 Å². The van der Waals surface area contributed by atoms with Crippen molar-refractivity contribution >= 4 is 17.9 Å². The van der Waals surface area contributed by atoms with Gasteiger partial charge in [0.1, 0.15) is 13.2 Å². The summed E-state index contributed by atoms with van der Waals surface area (Å²) in [6.45, 7) is 6.46. The number of ether oxygens (including phenoxy) is 3. The van der Waals surface area contributed by atoms with E-state index in [0.29, 0.717) is 19.3 Å². The fourth-order valence-electron chi connectivity index (χ4n) is 10.0. The van der Waals surface area contributed by atoms with Gasteiger partial charge in [-0.15, -0.1) is 0 Å². The molecule has 0 fully saturated rings. The maximum absolute atomic E-state index is 12.9.